The molecule has 5 heteroatoms. The third kappa shape index (κ3) is 2.64. The lowest BCUT2D eigenvalue weighted by molar-refractivity contribution is 0.461. The van der Waals surface area contributed by atoms with Crippen LogP contribution in [0.1, 0.15) is 32.1 Å². The molecule has 1 aromatic heterocycles. The lowest BCUT2D eigenvalue weighted by Gasteiger charge is -2.23. The van der Waals surface area contributed by atoms with Gasteiger partial charge in [0.05, 0.1) is 0 Å². The van der Waals surface area contributed by atoms with Crippen LogP contribution in [0.5, 0.6) is 0 Å². The van der Waals surface area contributed by atoms with Gasteiger partial charge in [0.2, 0.25) is 0 Å². The van der Waals surface area contributed by atoms with E-state index in [0.29, 0.717) is 6.04 Å². The molecule has 0 radical (unpaired) electrons. The van der Waals surface area contributed by atoms with Gasteiger partial charge >= 0.3 is 0 Å². The molecule has 1 heterocycles. The van der Waals surface area contributed by atoms with Crippen molar-refractivity contribution < 1.29 is 0 Å². The predicted octanol–water partition coefficient (Wildman–Crippen LogP) is 3.03. The van der Waals surface area contributed by atoms with Gasteiger partial charge in [-0.2, -0.15) is 0 Å². The van der Waals surface area contributed by atoms with Gasteiger partial charge in [-0.15, -0.1) is 0 Å². The molecular weight excluding hydrogens is 268 g/mol. The van der Waals surface area contributed by atoms with E-state index in [0.717, 1.165) is 16.1 Å². The molecule has 0 atom stereocenters. The Balaban J connectivity index is 2.08. The van der Waals surface area contributed by atoms with Gasteiger partial charge in [0, 0.05) is 13.1 Å². The molecule has 0 unspecified atom stereocenters. The van der Waals surface area contributed by atoms with Gasteiger partial charge in [-0.1, -0.05) is 19.3 Å². The molecule has 1 fully saturated rings. The second kappa shape index (κ2) is 5.48. The number of nitrogens with one attached hydrogen (secondary N) is 2. The molecule has 88 valence electrons. The average molecular weight is 285 g/mol. The van der Waals surface area contributed by atoms with Gasteiger partial charge in [0.1, 0.15) is 22.4 Å². The number of hydrogen-bond donors (Lipinski definition) is 2. The molecule has 2 N–H and O–H groups in total. The van der Waals surface area contributed by atoms with E-state index in [2.05, 4.69) is 36.5 Å². The first-order valence-corrected chi connectivity index (χ1v) is 6.55. The Labute approximate surface area is 104 Å². The van der Waals surface area contributed by atoms with Crippen molar-refractivity contribution in [2.75, 3.05) is 17.7 Å². The Morgan fingerprint density at radius 2 is 1.88 bits per heavy atom. The first kappa shape index (κ1) is 11.6. The minimum Gasteiger partial charge on any atom is -0.372 e. The van der Waals surface area contributed by atoms with Crippen molar-refractivity contribution in [3.05, 3.63) is 10.8 Å². The Morgan fingerprint density at radius 3 is 2.56 bits per heavy atom. The van der Waals surface area contributed by atoms with Gasteiger partial charge in [-0.25, -0.2) is 9.97 Å². The van der Waals surface area contributed by atoms with E-state index in [-0.39, 0.29) is 0 Å². The fraction of sp³-hybridized carbons (Fsp3) is 0.636. The minimum atomic E-state index is 0.560. The van der Waals surface area contributed by atoms with Crippen LogP contribution >= 0.6 is 15.9 Å². The predicted molar refractivity (Wildman–Crippen MR) is 69.8 cm³/mol. The summed E-state index contributed by atoms with van der Waals surface area (Å²) in [7, 11) is 1.86. The van der Waals surface area contributed by atoms with Crippen molar-refractivity contribution in [3.63, 3.8) is 0 Å². The second-order valence-electron chi connectivity index (χ2n) is 4.11. The molecule has 0 saturated heterocycles. The van der Waals surface area contributed by atoms with Crippen LogP contribution in [0, 0.1) is 0 Å². The van der Waals surface area contributed by atoms with Gasteiger partial charge in [-0.05, 0) is 28.8 Å². The van der Waals surface area contributed by atoms with Crippen molar-refractivity contribution in [2.24, 2.45) is 0 Å². The second-order valence-corrected chi connectivity index (χ2v) is 4.91. The normalized spacial score (nSPS) is 17.1. The number of aromatic nitrogens is 2. The number of rotatable bonds is 3. The van der Waals surface area contributed by atoms with E-state index in [1.165, 1.54) is 32.1 Å². The minimum absolute atomic E-state index is 0.560. The average Bonchev–Trinajstić information content (AvgIpc) is 2.33. The highest BCUT2D eigenvalue weighted by atomic mass is 79.9. The van der Waals surface area contributed by atoms with Crippen LogP contribution in [-0.2, 0) is 0 Å². The monoisotopic (exact) mass is 284 g/mol. The maximum atomic E-state index is 4.27. The Bertz CT molecular complexity index is 350. The van der Waals surface area contributed by atoms with E-state index >= 15 is 0 Å². The highest BCUT2D eigenvalue weighted by Crippen LogP contribution is 2.28. The van der Waals surface area contributed by atoms with Gasteiger partial charge in [0.25, 0.3) is 0 Å². The number of halogens is 1. The molecule has 0 aromatic carbocycles. The summed E-state index contributed by atoms with van der Waals surface area (Å²) in [6.07, 6.45) is 8.07. The van der Waals surface area contributed by atoms with Crippen LogP contribution in [0.4, 0.5) is 11.6 Å². The fourth-order valence-corrected chi connectivity index (χ4v) is 2.60. The molecular formula is C11H17BrN4. The number of hydrogen-bond acceptors (Lipinski definition) is 4. The summed E-state index contributed by atoms with van der Waals surface area (Å²) in [5.41, 5.74) is 0. The maximum Gasteiger partial charge on any atom is 0.146 e. The SMILES string of the molecule is CNc1ncnc(NC2CCCCC2)c1Br. The first-order valence-electron chi connectivity index (χ1n) is 5.76. The molecule has 0 aliphatic heterocycles. The summed E-state index contributed by atoms with van der Waals surface area (Å²) in [5.74, 6) is 1.72. The standard InChI is InChI=1S/C11H17BrN4/c1-13-10-9(12)11(15-7-14-10)16-8-5-3-2-4-6-8/h7-8H,2-6H2,1H3,(H2,13,14,15,16). The van der Waals surface area contributed by atoms with Crippen LogP contribution < -0.4 is 10.6 Å². The Morgan fingerprint density at radius 1 is 1.19 bits per heavy atom. The third-order valence-corrected chi connectivity index (χ3v) is 3.72. The molecule has 0 bridgehead atoms. The summed E-state index contributed by atoms with van der Waals surface area (Å²) in [6, 6.07) is 0.560. The van der Waals surface area contributed by atoms with E-state index in [1.54, 1.807) is 6.33 Å². The number of anilines is 2. The summed E-state index contributed by atoms with van der Waals surface area (Å²) >= 11 is 3.52. The zero-order valence-electron chi connectivity index (χ0n) is 9.46. The van der Waals surface area contributed by atoms with Crippen LogP contribution in [0.2, 0.25) is 0 Å². The molecule has 4 nitrogen and oxygen atoms in total. The van der Waals surface area contributed by atoms with E-state index in [1.807, 2.05) is 7.05 Å². The van der Waals surface area contributed by atoms with Crippen molar-refractivity contribution >= 4 is 27.6 Å². The molecule has 0 spiro atoms. The third-order valence-electron chi connectivity index (χ3n) is 2.97. The largest absolute Gasteiger partial charge is 0.372 e. The smallest absolute Gasteiger partial charge is 0.146 e. The number of nitrogens with zero attached hydrogens (tertiary/aromatic N) is 2. The summed E-state index contributed by atoms with van der Waals surface area (Å²) < 4.78 is 0.920. The van der Waals surface area contributed by atoms with Crippen molar-refractivity contribution in [1.82, 2.24) is 9.97 Å². The molecule has 16 heavy (non-hydrogen) atoms. The molecule has 0 amide bonds. The molecule has 1 aliphatic rings. The van der Waals surface area contributed by atoms with Crippen LogP contribution in [0.25, 0.3) is 0 Å². The Hall–Kier alpha value is -0.840. The quantitative estimate of drug-likeness (QED) is 0.896. The highest BCUT2D eigenvalue weighted by molar-refractivity contribution is 9.10. The van der Waals surface area contributed by atoms with Crippen LogP contribution in [0.15, 0.2) is 10.8 Å². The molecule has 1 aromatic rings. The molecule has 1 aliphatic carbocycles. The Kier molecular flexibility index (Phi) is 3.98. The van der Waals surface area contributed by atoms with E-state index in [4.69, 9.17) is 0 Å². The van der Waals surface area contributed by atoms with Crippen molar-refractivity contribution in [3.8, 4) is 0 Å². The lowest BCUT2D eigenvalue weighted by Crippen LogP contribution is -2.23. The summed E-state index contributed by atoms with van der Waals surface area (Å²) in [6.45, 7) is 0. The van der Waals surface area contributed by atoms with Crippen molar-refractivity contribution in [2.45, 2.75) is 38.1 Å². The topological polar surface area (TPSA) is 49.8 Å². The molecule has 1 saturated carbocycles. The first-order chi connectivity index (χ1) is 7.81. The molecule has 2 rings (SSSR count). The van der Waals surface area contributed by atoms with Crippen molar-refractivity contribution in [1.29, 1.82) is 0 Å². The summed E-state index contributed by atoms with van der Waals surface area (Å²) in [4.78, 5) is 8.41. The fourth-order valence-electron chi connectivity index (χ4n) is 2.09. The van der Waals surface area contributed by atoms with E-state index in [9.17, 15) is 0 Å². The lowest BCUT2D eigenvalue weighted by atomic mass is 9.95. The van der Waals surface area contributed by atoms with Crippen LogP contribution in [0.3, 0.4) is 0 Å². The zero-order valence-corrected chi connectivity index (χ0v) is 11.0. The van der Waals surface area contributed by atoms with Gasteiger partial charge in [0.15, 0.2) is 0 Å². The van der Waals surface area contributed by atoms with E-state index < -0.39 is 0 Å². The summed E-state index contributed by atoms with van der Waals surface area (Å²) in [5, 5.41) is 6.52. The van der Waals surface area contributed by atoms with Gasteiger partial charge < -0.3 is 10.6 Å². The zero-order chi connectivity index (χ0) is 11.4. The van der Waals surface area contributed by atoms with Crippen LogP contribution in [-0.4, -0.2) is 23.1 Å². The highest BCUT2D eigenvalue weighted by Gasteiger charge is 2.15. The van der Waals surface area contributed by atoms with Gasteiger partial charge in [-0.3, -0.25) is 0 Å². The maximum absolute atomic E-state index is 4.27.